The van der Waals surface area contributed by atoms with Crippen LogP contribution in [0.3, 0.4) is 0 Å². The summed E-state index contributed by atoms with van der Waals surface area (Å²) in [6.45, 7) is 0. The van der Waals surface area contributed by atoms with Crippen molar-refractivity contribution in [3.8, 4) is 124 Å². The van der Waals surface area contributed by atoms with Gasteiger partial charge in [0.15, 0.2) is 40.5 Å². The number of rotatable bonds is 12. The second-order valence-corrected chi connectivity index (χ2v) is 24.9. The topological polar surface area (TPSA) is 183 Å². The van der Waals surface area contributed by atoms with E-state index in [-0.39, 0.29) is 5.59 Å². The van der Waals surface area contributed by atoms with Crippen molar-refractivity contribution in [3.63, 3.8) is 0 Å². The number of hydrogen-bond acceptors (Lipinski definition) is 13. The molecule has 16 heteroatoms. The van der Waals surface area contributed by atoms with Gasteiger partial charge in [-0.1, -0.05) is 260 Å². The van der Waals surface area contributed by atoms with Crippen LogP contribution in [-0.4, -0.2) is 62.0 Å². The highest BCUT2D eigenvalue weighted by atomic mass is 35.5. The second kappa shape index (κ2) is 29.1. The molecule has 0 radical (unpaired) electrons. The first-order valence-electron chi connectivity index (χ1n) is 33.1. The van der Waals surface area contributed by atoms with E-state index in [1.54, 1.807) is 24.3 Å². The van der Waals surface area contributed by atoms with Crippen molar-refractivity contribution in [2.45, 2.75) is 0 Å². The van der Waals surface area contributed by atoms with Gasteiger partial charge >= 0.3 is 7.12 Å². The fraction of sp³-hybridized carbons (Fsp3) is 0. The van der Waals surface area contributed by atoms with Gasteiger partial charge in [-0.15, -0.1) is 0 Å². The summed E-state index contributed by atoms with van der Waals surface area (Å²) in [5.74, 6) is 3.76. The Morgan fingerprint density at radius 1 is 0.272 bits per heavy atom. The Kier molecular flexibility index (Phi) is 18.3. The van der Waals surface area contributed by atoms with Crippen LogP contribution in [0.25, 0.3) is 168 Å². The maximum Gasteiger partial charge on any atom is 0.508 e. The predicted molar refractivity (Wildman–Crippen MR) is 414 cm³/mol. The molecular formula is C87H56BCl2N9O4. The highest BCUT2D eigenvalue weighted by Gasteiger charge is 2.22. The lowest BCUT2D eigenvalue weighted by molar-refractivity contribution is 0.424. The molecule has 13 nitrogen and oxygen atoms in total. The SMILES string of the molecule is Clc1cc(Cl)c2oc3cccc(-c4ccc(-c5nc(-c6ccccc6)nc(-c6ccccc6)n5)cc4)c3c2c1.OB(O)c1ccccn1.c1ccc(-c2nc(-c3ccccc3)nc(-c3ccc(-c4cccc5oc6c(-c7ccccn7)cc(-c7ccc(-c8ccccn8)cc7)cc6c45)cc3)n2)cc1. The Hall–Kier alpha value is -12.9. The molecule has 0 spiro atoms. The zero-order valence-electron chi connectivity index (χ0n) is 54.7. The molecule has 0 aliphatic heterocycles. The van der Waals surface area contributed by atoms with Gasteiger partial charge in [0, 0.05) is 89.7 Å². The van der Waals surface area contributed by atoms with Crippen molar-refractivity contribution in [1.82, 2.24) is 44.9 Å². The van der Waals surface area contributed by atoms with Crippen molar-refractivity contribution < 1.29 is 18.9 Å². The highest BCUT2D eigenvalue weighted by molar-refractivity contribution is 6.57. The van der Waals surface area contributed by atoms with Gasteiger partial charge in [0.1, 0.15) is 16.7 Å². The van der Waals surface area contributed by atoms with Crippen molar-refractivity contribution >= 4 is 79.8 Å². The van der Waals surface area contributed by atoms with E-state index in [2.05, 4.69) is 101 Å². The molecule has 0 amide bonds. The normalized spacial score (nSPS) is 11.1. The van der Waals surface area contributed by atoms with E-state index >= 15 is 0 Å². The van der Waals surface area contributed by atoms with Gasteiger partial charge in [-0.05, 0) is 106 Å². The molecule has 0 fully saturated rings. The summed E-state index contributed by atoms with van der Waals surface area (Å²) in [7, 11) is -1.45. The van der Waals surface area contributed by atoms with Gasteiger partial charge in [0.25, 0.3) is 0 Å². The smallest absolute Gasteiger partial charge is 0.455 e. The summed E-state index contributed by atoms with van der Waals surface area (Å²) >= 11 is 12.8. The Morgan fingerprint density at radius 2 is 0.641 bits per heavy atom. The van der Waals surface area contributed by atoms with Gasteiger partial charge < -0.3 is 18.9 Å². The van der Waals surface area contributed by atoms with E-state index in [9.17, 15) is 0 Å². The summed E-state index contributed by atoms with van der Waals surface area (Å²) in [5, 5.41) is 22.0. The predicted octanol–water partition coefficient (Wildman–Crippen LogP) is 20.7. The van der Waals surface area contributed by atoms with Gasteiger partial charge in [-0.2, -0.15) is 0 Å². The summed E-state index contributed by atoms with van der Waals surface area (Å²) < 4.78 is 12.8. The van der Waals surface area contributed by atoms with E-state index < -0.39 is 7.12 Å². The number of nitrogens with zero attached hydrogens (tertiary/aromatic N) is 9. The first kappa shape index (κ1) is 64.7. The molecule has 7 aromatic heterocycles. The molecule has 2 N–H and O–H groups in total. The van der Waals surface area contributed by atoms with Gasteiger partial charge in [-0.25, -0.2) is 29.9 Å². The van der Waals surface area contributed by atoms with Crippen LogP contribution in [0, 0.1) is 0 Å². The molecule has 103 heavy (non-hydrogen) atoms. The maximum atomic E-state index is 8.52. The Morgan fingerprint density at radius 3 is 1.05 bits per heavy atom. The number of pyridine rings is 3. The van der Waals surface area contributed by atoms with Crippen LogP contribution < -0.4 is 5.59 Å². The fourth-order valence-electron chi connectivity index (χ4n) is 12.5. The summed E-state index contributed by atoms with van der Waals surface area (Å²) in [5.41, 5.74) is 19.0. The van der Waals surface area contributed by atoms with Crippen LogP contribution in [0.4, 0.5) is 0 Å². The van der Waals surface area contributed by atoms with Crippen molar-refractivity contribution in [2.24, 2.45) is 0 Å². The summed E-state index contributed by atoms with van der Waals surface area (Å²) in [4.78, 5) is 42.1. The third-order valence-electron chi connectivity index (χ3n) is 17.5. The van der Waals surface area contributed by atoms with Crippen LogP contribution in [0.15, 0.2) is 337 Å². The first-order valence-corrected chi connectivity index (χ1v) is 33.9. The number of aromatic nitrogens is 9. The van der Waals surface area contributed by atoms with Gasteiger partial charge in [0.05, 0.1) is 22.0 Å². The zero-order valence-corrected chi connectivity index (χ0v) is 56.3. The molecule has 18 aromatic rings. The fourth-order valence-corrected chi connectivity index (χ4v) is 13.0. The van der Waals surface area contributed by atoms with Gasteiger partial charge in [0.2, 0.25) is 0 Å². The molecular weight excluding hydrogens is 1320 g/mol. The minimum absolute atomic E-state index is 0.275. The minimum Gasteiger partial charge on any atom is -0.455 e. The summed E-state index contributed by atoms with van der Waals surface area (Å²) in [6, 6.07) is 102. The van der Waals surface area contributed by atoms with E-state index in [1.807, 2.05) is 207 Å². The lowest BCUT2D eigenvalue weighted by Gasteiger charge is -2.10. The Bertz CT molecular complexity index is 5900. The number of hydrogen-bond donors (Lipinski definition) is 2. The summed E-state index contributed by atoms with van der Waals surface area (Å²) in [6.07, 6.45) is 5.15. The van der Waals surface area contributed by atoms with Crippen LogP contribution in [0.5, 0.6) is 0 Å². The lowest BCUT2D eigenvalue weighted by atomic mass is 9.86. The molecule has 0 atom stereocenters. The number of halogens is 2. The van der Waals surface area contributed by atoms with E-state index in [0.717, 1.165) is 128 Å². The van der Waals surface area contributed by atoms with Crippen molar-refractivity contribution in [1.29, 1.82) is 0 Å². The van der Waals surface area contributed by atoms with Gasteiger partial charge in [-0.3, -0.25) is 15.0 Å². The molecule has 7 heterocycles. The number of benzene rings is 11. The highest BCUT2D eigenvalue weighted by Crippen LogP contribution is 2.45. The molecule has 18 rings (SSSR count). The largest absolute Gasteiger partial charge is 0.508 e. The maximum absolute atomic E-state index is 8.52. The molecule has 0 saturated carbocycles. The molecule has 0 aliphatic rings. The van der Waals surface area contributed by atoms with Crippen molar-refractivity contribution in [3.05, 3.63) is 338 Å². The first-order chi connectivity index (χ1) is 50.7. The molecule has 0 aliphatic carbocycles. The Labute approximate surface area is 602 Å². The third kappa shape index (κ3) is 13.8. The molecule has 490 valence electrons. The average molecular weight is 1370 g/mol. The van der Waals surface area contributed by atoms with Crippen LogP contribution >= 0.6 is 23.2 Å². The van der Waals surface area contributed by atoms with Crippen LogP contribution in [-0.2, 0) is 0 Å². The zero-order chi connectivity index (χ0) is 69.6. The standard InChI is InChI=1S/C49H31N5O.C33H19Cl2N3O.C5H6BNO2/c1-3-12-35(13-4-1)47-52-48(36-14-5-2-6-15-36)54-49(53-47)37-26-22-33(23-27-37)39-16-11-19-44-45(39)41-31-38(30-40(46(41)55-44)43-18-8-10-29-51-43)32-20-24-34(25-21-32)42-17-7-9-28-50-42;34-24-18-26-29-25(12-7-13-28(29)39-30(26)27(35)19-24)20-14-16-23(17-15-20)33-37-31(21-8-3-1-4-9-21)36-32(38-33)22-10-5-2-6-11-22;8-6(9)5-3-1-2-4-7-5/h1-31H;1-19H;1-4,8-9H. The monoisotopic (exact) mass is 1370 g/mol. The Balaban J connectivity index is 0.000000148. The molecule has 0 unspecified atom stereocenters. The quantitative estimate of drug-likeness (QED) is 0.110. The average Bonchev–Trinajstić information content (AvgIpc) is 1.61. The van der Waals surface area contributed by atoms with E-state index in [4.69, 9.17) is 77.0 Å². The minimum atomic E-state index is -1.45. The molecule has 0 bridgehead atoms. The van der Waals surface area contributed by atoms with E-state index in [1.165, 1.54) is 6.20 Å². The number of furan rings is 2. The third-order valence-corrected chi connectivity index (χ3v) is 18.0. The van der Waals surface area contributed by atoms with E-state index in [0.29, 0.717) is 50.6 Å². The molecule has 0 saturated heterocycles. The van der Waals surface area contributed by atoms with Crippen LogP contribution in [0.1, 0.15) is 0 Å². The number of fused-ring (bicyclic) bond motifs is 6. The lowest BCUT2D eigenvalue weighted by Crippen LogP contribution is -2.31. The van der Waals surface area contributed by atoms with Crippen molar-refractivity contribution in [2.75, 3.05) is 0 Å². The van der Waals surface area contributed by atoms with Crippen LogP contribution in [0.2, 0.25) is 10.0 Å². The molecule has 11 aromatic carbocycles. The second-order valence-electron chi connectivity index (χ2n) is 24.1.